The van der Waals surface area contributed by atoms with Crippen LogP contribution < -0.4 is 4.74 Å². The van der Waals surface area contributed by atoms with Crippen LogP contribution in [0.3, 0.4) is 0 Å². The molecule has 6 heteroatoms. The van der Waals surface area contributed by atoms with Gasteiger partial charge in [0.1, 0.15) is 22.7 Å². The summed E-state index contributed by atoms with van der Waals surface area (Å²) in [5.74, 6) is 0.221. The number of carbonyl (C=O) groups is 2. The van der Waals surface area contributed by atoms with E-state index < -0.39 is 5.97 Å². The highest BCUT2D eigenvalue weighted by atomic mass is 35.5. The molecule has 0 N–H and O–H groups in total. The molecule has 0 unspecified atom stereocenters. The summed E-state index contributed by atoms with van der Waals surface area (Å²) in [4.78, 5) is 25.1. The van der Waals surface area contributed by atoms with Gasteiger partial charge in [0.25, 0.3) is 0 Å². The van der Waals surface area contributed by atoms with Crippen molar-refractivity contribution in [2.75, 3.05) is 13.2 Å². The number of rotatable bonds is 7. The Morgan fingerprint density at radius 3 is 2.42 bits per heavy atom. The van der Waals surface area contributed by atoms with Crippen LogP contribution in [0.1, 0.15) is 27.6 Å². The van der Waals surface area contributed by atoms with Gasteiger partial charge in [0.2, 0.25) is 0 Å². The van der Waals surface area contributed by atoms with Crippen molar-refractivity contribution in [3.05, 3.63) is 88.9 Å². The Morgan fingerprint density at radius 2 is 1.71 bits per heavy atom. The van der Waals surface area contributed by atoms with E-state index in [9.17, 15) is 9.59 Å². The number of esters is 1. The molecule has 0 aliphatic heterocycles. The highest BCUT2D eigenvalue weighted by Crippen LogP contribution is 2.36. The molecule has 0 atom stereocenters. The van der Waals surface area contributed by atoms with E-state index >= 15 is 0 Å². The van der Waals surface area contributed by atoms with Crippen LogP contribution in [0.15, 0.2) is 77.2 Å². The van der Waals surface area contributed by atoms with E-state index in [0.29, 0.717) is 38.6 Å². The molecule has 0 spiro atoms. The van der Waals surface area contributed by atoms with Gasteiger partial charge in [0.15, 0.2) is 12.4 Å². The molecule has 0 aliphatic rings. The lowest BCUT2D eigenvalue weighted by Crippen LogP contribution is -2.11. The number of benzene rings is 3. The minimum atomic E-state index is -0.477. The lowest BCUT2D eigenvalue weighted by Gasteiger charge is -2.06. The fourth-order valence-corrected chi connectivity index (χ4v) is 3.36. The molecule has 5 nitrogen and oxygen atoms in total. The second-order valence-corrected chi connectivity index (χ2v) is 7.21. The van der Waals surface area contributed by atoms with Crippen molar-refractivity contribution < 1.29 is 23.5 Å². The molecular weight excluding hydrogens is 416 g/mol. The summed E-state index contributed by atoms with van der Waals surface area (Å²) >= 11 is 5.86. The molecule has 156 valence electrons. The molecule has 0 radical (unpaired) electrons. The van der Waals surface area contributed by atoms with Gasteiger partial charge < -0.3 is 13.9 Å². The fraction of sp³-hybridized carbons (Fsp3) is 0.120. The zero-order chi connectivity index (χ0) is 21.8. The molecule has 0 bridgehead atoms. The van der Waals surface area contributed by atoms with E-state index in [-0.39, 0.29) is 19.0 Å². The van der Waals surface area contributed by atoms with Crippen molar-refractivity contribution >= 4 is 34.3 Å². The highest BCUT2D eigenvalue weighted by molar-refractivity contribution is 6.30. The minimum absolute atomic E-state index is 0.148. The summed E-state index contributed by atoms with van der Waals surface area (Å²) in [5, 5.41) is 1.12. The van der Waals surface area contributed by atoms with Crippen LogP contribution in [0.4, 0.5) is 0 Å². The van der Waals surface area contributed by atoms with Gasteiger partial charge in [-0.2, -0.15) is 0 Å². The Labute approximate surface area is 184 Å². The summed E-state index contributed by atoms with van der Waals surface area (Å²) in [5.41, 5.74) is 2.13. The first-order valence-corrected chi connectivity index (χ1v) is 10.1. The monoisotopic (exact) mass is 434 g/mol. The maximum absolute atomic E-state index is 12.7. The SMILES string of the molecule is CCOC(=O)c1c(-c2ccccc2)oc2ccc(OCC(=O)c3ccc(Cl)cc3)cc12. The van der Waals surface area contributed by atoms with E-state index in [1.54, 1.807) is 49.4 Å². The number of Topliss-reactive ketones (excluding diaryl/α,β-unsaturated/α-hetero) is 1. The Kier molecular flexibility index (Phi) is 6.05. The van der Waals surface area contributed by atoms with Crippen LogP contribution in [-0.4, -0.2) is 25.0 Å². The quantitative estimate of drug-likeness (QED) is 0.256. The number of carbonyl (C=O) groups excluding carboxylic acids is 2. The van der Waals surface area contributed by atoms with E-state index in [0.717, 1.165) is 5.56 Å². The van der Waals surface area contributed by atoms with Crippen LogP contribution in [0.2, 0.25) is 5.02 Å². The van der Waals surface area contributed by atoms with Crippen molar-refractivity contribution in [3.63, 3.8) is 0 Å². The van der Waals surface area contributed by atoms with Gasteiger partial charge in [-0.15, -0.1) is 0 Å². The van der Waals surface area contributed by atoms with Crippen LogP contribution in [0.25, 0.3) is 22.3 Å². The van der Waals surface area contributed by atoms with Crippen molar-refractivity contribution in [2.45, 2.75) is 6.92 Å². The third-order valence-corrected chi connectivity index (χ3v) is 4.96. The summed E-state index contributed by atoms with van der Waals surface area (Å²) in [7, 11) is 0. The van der Waals surface area contributed by atoms with E-state index in [1.807, 2.05) is 30.3 Å². The maximum Gasteiger partial charge on any atom is 0.342 e. The number of furan rings is 1. The number of ether oxygens (including phenoxy) is 2. The Balaban J connectivity index is 1.66. The van der Waals surface area contributed by atoms with Crippen LogP contribution in [0.5, 0.6) is 5.75 Å². The van der Waals surface area contributed by atoms with Crippen molar-refractivity contribution in [1.82, 2.24) is 0 Å². The highest BCUT2D eigenvalue weighted by Gasteiger charge is 2.23. The van der Waals surface area contributed by atoms with Gasteiger partial charge >= 0.3 is 5.97 Å². The van der Waals surface area contributed by atoms with Crippen molar-refractivity contribution in [1.29, 1.82) is 0 Å². The van der Waals surface area contributed by atoms with Crippen molar-refractivity contribution in [2.24, 2.45) is 0 Å². The topological polar surface area (TPSA) is 65.7 Å². The zero-order valence-corrected chi connectivity index (χ0v) is 17.5. The summed E-state index contributed by atoms with van der Waals surface area (Å²) < 4.78 is 16.9. The third-order valence-electron chi connectivity index (χ3n) is 4.71. The molecule has 1 heterocycles. The standard InChI is InChI=1S/C25H19ClO5/c1-2-29-25(28)23-20-14-19(30-15-21(27)16-8-10-18(26)11-9-16)12-13-22(20)31-24(23)17-6-4-3-5-7-17/h3-14H,2,15H2,1H3. The molecule has 4 rings (SSSR count). The molecule has 31 heavy (non-hydrogen) atoms. The lowest BCUT2D eigenvalue weighted by atomic mass is 10.1. The number of hydrogen-bond donors (Lipinski definition) is 0. The number of halogens is 1. The number of ketones is 1. The van der Waals surface area contributed by atoms with Crippen LogP contribution >= 0.6 is 11.6 Å². The first-order chi connectivity index (χ1) is 15.1. The molecule has 0 aliphatic carbocycles. The largest absolute Gasteiger partial charge is 0.485 e. The Bertz CT molecular complexity index is 1230. The Morgan fingerprint density at radius 1 is 0.968 bits per heavy atom. The first-order valence-electron chi connectivity index (χ1n) is 9.77. The minimum Gasteiger partial charge on any atom is -0.485 e. The van der Waals surface area contributed by atoms with Gasteiger partial charge in [-0.05, 0) is 49.4 Å². The second kappa shape index (κ2) is 9.06. The Hall–Kier alpha value is -3.57. The second-order valence-electron chi connectivity index (χ2n) is 6.77. The molecule has 0 fully saturated rings. The van der Waals surface area contributed by atoms with Crippen LogP contribution in [-0.2, 0) is 4.74 Å². The number of fused-ring (bicyclic) bond motifs is 1. The van der Waals surface area contributed by atoms with Gasteiger partial charge in [-0.25, -0.2) is 4.79 Å². The summed E-state index contributed by atoms with van der Waals surface area (Å²) in [6, 6.07) is 21.1. The zero-order valence-electron chi connectivity index (χ0n) is 16.8. The van der Waals surface area contributed by atoms with Gasteiger partial charge in [-0.3, -0.25) is 4.79 Å². The van der Waals surface area contributed by atoms with Gasteiger partial charge in [-0.1, -0.05) is 41.9 Å². The fourth-order valence-electron chi connectivity index (χ4n) is 3.23. The molecular formula is C25H19ClO5. The normalized spacial score (nSPS) is 10.8. The molecule has 0 amide bonds. The molecule has 3 aromatic carbocycles. The first kappa shape index (κ1) is 20.7. The molecule has 0 saturated heterocycles. The molecule has 1 aromatic heterocycles. The maximum atomic E-state index is 12.7. The molecule has 4 aromatic rings. The smallest absolute Gasteiger partial charge is 0.342 e. The predicted molar refractivity (Wildman–Crippen MR) is 119 cm³/mol. The van der Waals surface area contributed by atoms with Gasteiger partial charge in [0, 0.05) is 21.5 Å². The summed E-state index contributed by atoms with van der Waals surface area (Å²) in [6.45, 7) is 1.84. The van der Waals surface area contributed by atoms with E-state index in [2.05, 4.69) is 0 Å². The summed E-state index contributed by atoms with van der Waals surface area (Å²) in [6.07, 6.45) is 0. The van der Waals surface area contributed by atoms with Crippen molar-refractivity contribution in [3.8, 4) is 17.1 Å². The predicted octanol–water partition coefficient (Wildman–Crippen LogP) is 6.19. The van der Waals surface area contributed by atoms with E-state index in [1.165, 1.54) is 0 Å². The van der Waals surface area contributed by atoms with Crippen LogP contribution in [0, 0.1) is 0 Å². The average molecular weight is 435 g/mol. The average Bonchev–Trinajstić information content (AvgIpc) is 3.17. The lowest BCUT2D eigenvalue weighted by molar-refractivity contribution is 0.0528. The third kappa shape index (κ3) is 4.47. The molecule has 0 saturated carbocycles. The van der Waals surface area contributed by atoms with E-state index in [4.69, 9.17) is 25.5 Å². The van der Waals surface area contributed by atoms with Gasteiger partial charge in [0.05, 0.1) is 6.61 Å². The number of hydrogen-bond acceptors (Lipinski definition) is 5.